The molecule has 14 heavy (non-hydrogen) atoms. The highest BCUT2D eigenvalue weighted by Crippen LogP contribution is 2.43. The van der Waals surface area contributed by atoms with Crippen LogP contribution >= 0.6 is 11.3 Å². The summed E-state index contributed by atoms with van der Waals surface area (Å²) in [6.45, 7) is 3.83. The van der Waals surface area contributed by atoms with Crippen LogP contribution in [0.1, 0.15) is 31.7 Å². The number of hydrogen-bond acceptors (Lipinski definition) is 4. The van der Waals surface area contributed by atoms with Gasteiger partial charge in [0.1, 0.15) is 16.2 Å². The molecule has 3 nitrogen and oxygen atoms in total. The number of ether oxygens (including phenoxy) is 1. The smallest absolute Gasteiger partial charge is 0.151 e. The van der Waals surface area contributed by atoms with Crippen LogP contribution in [0.4, 0.5) is 0 Å². The monoisotopic (exact) mass is 211 g/mol. The highest BCUT2D eigenvalue weighted by molar-refractivity contribution is 7.09. The number of aldehydes is 1. The van der Waals surface area contributed by atoms with E-state index in [1.807, 2.05) is 19.2 Å². The second kappa shape index (κ2) is 3.14. The van der Waals surface area contributed by atoms with Crippen molar-refractivity contribution < 1.29 is 9.53 Å². The predicted molar refractivity (Wildman–Crippen MR) is 54.3 cm³/mol. The van der Waals surface area contributed by atoms with Crippen molar-refractivity contribution in [1.29, 1.82) is 0 Å². The summed E-state index contributed by atoms with van der Waals surface area (Å²) in [6.07, 6.45) is 4.29. The molecule has 76 valence electrons. The Balaban J connectivity index is 2.25. The second-order valence-electron chi connectivity index (χ2n) is 4.10. The fourth-order valence-electron chi connectivity index (χ4n) is 1.82. The minimum atomic E-state index is -0.625. The topological polar surface area (TPSA) is 39.2 Å². The van der Waals surface area contributed by atoms with Crippen LogP contribution in [0, 0.1) is 0 Å². The predicted octanol–water partition coefficient (Wildman–Crippen LogP) is 2.13. The molecule has 0 radical (unpaired) electrons. The van der Waals surface area contributed by atoms with E-state index >= 15 is 0 Å². The Kier molecular flexibility index (Phi) is 2.20. The molecule has 1 saturated heterocycles. The van der Waals surface area contributed by atoms with E-state index in [-0.39, 0.29) is 5.60 Å². The third kappa shape index (κ3) is 1.48. The van der Waals surface area contributed by atoms with E-state index in [1.54, 1.807) is 17.5 Å². The lowest BCUT2D eigenvalue weighted by Crippen LogP contribution is -2.30. The molecule has 2 heterocycles. The Labute approximate surface area is 87.1 Å². The molecule has 0 amide bonds. The van der Waals surface area contributed by atoms with Crippen molar-refractivity contribution in [1.82, 2.24) is 4.98 Å². The fraction of sp³-hybridized carbons (Fsp3) is 0.600. The highest BCUT2D eigenvalue weighted by atomic mass is 32.1. The van der Waals surface area contributed by atoms with E-state index < -0.39 is 5.60 Å². The summed E-state index contributed by atoms with van der Waals surface area (Å²) in [5, 5.41) is 2.89. The van der Waals surface area contributed by atoms with Crippen LogP contribution in [0.3, 0.4) is 0 Å². The fourth-order valence-corrected chi connectivity index (χ4v) is 2.59. The van der Waals surface area contributed by atoms with Crippen LogP contribution in [0.5, 0.6) is 0 Å². The lowest BCUT2D eigenvalue weighted by molar-refractivity contribution is -0.137. The molecule has 0 spiro atoms. The third-order valence-corrected chi connectivity index (χ3v) is 3.71. The van der Waals surface area contributed by atoms with Crippen molar-refractivity contribution in [2.24, 2.45) is 0 Å². The van der Waals surface area contributed by atoms with Gasteiger partial charge in [-0.2, -0.15) is 0 Å². The SMILES string of the molecule is CC1(C=O)CCC(C)(c2nccs2)O1. The second-order valence-corrected chi connectivity index (χ2v) is 5.00. The van der Waals surface area contributed by atoms with Gasteiger partial charge in [-0.05, 0) is 26.7 Å². The van der Waals surface area contributed by atoms with Crippen LogP contribution in [0.25, 0.3) is 0 Å². The van der Waals surface area contributed by atoms with E-state index in [4.69, 9.17) is 4.74 Å². The van der Waals surface area contributed by atoms with Gasteiger partial charge in [0.25, 0.3) is 0 Å². The zero-order valence-electron chi connectivity index (χ0n) is 8.32. The maximum absolute atomic E-state index is 10.8. The number of thiazole rings is 1. The van der Waals surface area contributed by atoms with E-state index in [9.17, 15) is 4.79 Å². The van der Waals surface area contributed by atoms with Gasteiger partial charge in [-0.1, -0.05) is 0 Å². The summed E-state index contributed by atoms with van der Waals surface area (Å²) in [4.78, 5) is 15.1. The molecule has 2 unspecified atom stereocenters. The van der Waals surface area contributed by atoms with Gasteiger partial charge in [0.15, 0.2) is 6.29 Å². The summed E-state index contributed by atoms with van der Waals surface area (Å²) >= 11 is 1.58. The summed E-state index contributed by atoms with van der Waals surface area (Å²) in [6, 6.07) is 0. The quantitative estimate of drug-likeness (QED) is 0.703. The number of nitrogens with zero attached hydrogens (tertiary/aromatic N) is 1. The molecular formula is C10H13NO2S. The van der Waals surface area contributed by atoms with E-state index in [1.165, 1.54) is 0 Å². The number of carbonyl (C=O) groups is 1. The van der Waals surface area contributed by atoms with E-state index in [0.29, 0.717) is 0 Å². The first-order valence-electron chi connectivity index (χ1n) is 4.64. The molecule has 0 N–H and O–H groups in total. The molecule has 0 saturated carbocycles. The minimum Gasteiger partial charge on any atom is -0.354 e. The summed E-state index contributed by atoms with van der Waals surface area (Å²) in [7, 11) is 0. The van der Waals surface area contributed by atoms with Crippen molar-refractivity contribution in [3.05, 3.63) is 16.6 Å². The highest BCUT2D eigenvalue weighted by Gasteiger charge is 2.46. The van der Waals surface area contributed by atoms with Crippen molar-refractivity contribution in [3.63, 3.8) is 0 Å². The van der Waals surface area contributed by atoms with E-state index in [2.05, 4.69) is 4.98 Å². The zero-order valence-corrected chi connectivity index (χ0v) is 9.13. The van der Waals surface area contributed by atoms with Crippen molar-refractivity contribution in [2.75, 3.05) is 0 Å². The lowest BCUT2D eigenvalue weighted by atomic mass is 10.00. The summed E-state index contributed by atoms with van der Waals surface area (Å²) < 4.78 is 5.81. The first-order valence-corrected chi connectivity index (χ1v) is 5.52. The van der Waals surface area contributed by atoms with Crippen LogP contribution < -0.4 is 0 Å². The Hall–Kier alpha value is -0.740. The Morgan fingerprint density at radius 3 is 2.86 bits per heavy atom. The zero-order chi connectivity index (χ0) is 10.2. The average Bonchev–Trinajstić information content (AvgIpc) is 2.75. The first-order chi connectivity index (χ1) is 6.58. The van der Waals surface area contributed by atoms with Gasteiger partial charge in [0.05, 0.1) is 0 Å². The molecule has 4 heteroatoms. The summed E-state index contributed by atoms with van der Waals surface area (Å²) in [5.41, 5.74) is -0.996. The van der Waals surface area contributed by atoms with Gasteiger partial charge in [0.2, 0.25) is 0 Å². The molecule has 0 aliphatic carbocycles. The molecule has 1 aromatic rings. The van der Waals surface area contributed by atoms with Crippen LogP contribution in [0.15, 0.2) is 11.6 Å². The van der Waals surface area contributed by atoms with Gasteiger partial charge < -0.3 is 9.53 Å². The maximum Gasteiger partial charge on any atom is 0.151 e. The Morgan fingerprint density at radius 1 is 1.57 bits per heavy atom. The number of carbonyl (C=O) groups excluding carboxylic acids is 1. The largest absolute Gasteiger partial charge is 0.354 e. The van der Waals surface area contributed by atoms with Gasteiger partial charge >= 0.3 is 0 Å². The van der Waals surface area contributed by atoms with Gasteiger partial charge in [-0.25, -0.2) is 4.98 Å². The molecule has 1 aliphatic heterocycles. The Morgan fingerprint density at radius 2 is 2.36 bits per heavy atom. The standard InChI is InChI=1S/C10H13NO2S/c1-9(7-12)3-4-10(2,13-9)8-11-5-6-14-8/h5-7H,3-4H2,1-2H3. The maximum atomic E-state index is 10.8. The number of rotatable bonds is 2. The van der Waals surface area contributed by atoms with Gasteiger partial charge in [-0.3, -0.25) is 0 Å². The van der Waals surface area contributed by atoms with Gasteiger partial charge in [-0.15, -0.1) is 11.3 Å². The molecule has 0 aromatic carbocycles. The van der Waals surface area contributed by atoms with Crippen LogP contribution in [-0.2, 0) is 15.1 Å². The average molecular weight is 211 g/mol. The molecule has 1 aliphatic rings. The molecule has 2 atom stereocenters. The van der Waals surface area contributed by atoms with Gasteiger partial charge in [0, 0.05) is 11.6 Å². The van der Waals surface area contributed by atoms with Crippen molar-refractivity contribution in [3.8, 4) is 0 Å². The van der Waals surface area contributed by atoms with Crippen LogP contribution in [-0.4, -0.2) is 16.9 Å². The molecular weight excluding hydrogens is 198 g/mol. The molecule has 0 bridgehead atoms. The molecule has 1 aromatic heterocycles. The number of aromatic nitrogens is 1. The number of hydrogen-bond donors (Lipinski definition) is 0. The van der Waals surface area contributed by atoms with Crippen LogP contribution in [0.2, 0.25) is 0 Å². The lowest BCUT2D eigenvalue weighted by Gasteiger charge is -2.24. The Bertz CT molecular complexity index is 338. The van der Waals surface area contributed by atoms with E-state index in [0.717, 1.165) is 24.1 Å². The molecule has 1 fully saturated rings. The molecule has 2 rings (SSSR count). The first kappa shape index (κ1) is 9.80. The summed E-state index contributed by atoms with van der Waals surface area (Å²) in [5.74, 6) is 0. The normalized spacial score (nSPS) is 37.3. The minimum absolute atomic E-state index is 0.371. The third-order valence-electron chi connectivity index (χ3n) is 2.69. The van der Waals surface area contributed by atoms with Crippen molar-refractivity contribution >= 4 is 17.6 Å². The van der Waals surface area contributed by atoms with Crippen molar-refractivity contribution in [2.45, 2.75) is 37.9 Å².